The number of amides is 2. The standard InChI is InChI=1S/C24H31ClFN3O3/c25-24-13-16-9-17(14-24)12-23(11-16,15-24)22(31)27-18-1-2-19(26)20(10-18)28-21(30)3-4-29-5-7-32-8-6-29/h1-2,10,16-17H,3-9,11-15H2,(H,27,31)(H,28,30)/t16-,17-,23?,24?/m1/s1. The van der Waals surface area contributed by atoms with Gasteiger partial charge in [-0.05, 0) is 68.6 Å². The van der Waals surface area contributed by atoms with E-state index >= 15 is 0 Å². The average Bonchev–Trinajstić information content (AvgIpc) is 2.73. The summed E-state index contributed by atoms with van der Waals surface area (Å²) in [5.74, 6) is 0.261. The van der Waals surface area contributed by atoms with Crippen LogP contribution in [0.15, 0.2) is 18.2 Å². The molecule has 0 radical (unpaired) electrons. The van der Waals surface area contributed by atoms with Gasteiger partial charge in [0.1, 0.15) is 5.82 Å². The van der Waals surface area contributed by atoms with Crippen LogP contribution in [0.2, 0.25) is 0 Å². The molecular weight excluding hydrogens is 433 g/mol. The number of hydrogen-bond donors (Lipinski definition) is 2. The van der Waals surface area contributed by atoms with E-state index in [1.807, 2.05) is 0 Å². The number of carbonyl (C=O) groups is 2. The molecule has 4 bridgehead atoms. The maximum Gasteiger partial charge on any atom is 0.230 e. The van der Waals surface area contributed by atoms with Crippen molar-refractivity contribution in [2.75, 3.05) is 43.5 Å². The first-order valence-corrected chi connectivity index (χ1v) is 12.1. The van der Waals surface area contributed by atoms with E-state index in [-0.39, 0.29) is 28.8 Å². The van der Waals surface area contributed by atoms with Crippen molar-refractivity contribution in [1.29, 1.82) is 0 Å². The van der Waals surface area contributed by atoms with Gasteiger partial charge in [-0.15, -0.1) is 11.6 Å². The molecule has 0 unspecified atom stereocenters. The SMILES string of the molecule is O=C(CCN1CCOCC1)Nc1cc(NC(=O)C23C[C@H]4C[C@@H](CC(Cl)(C4)C2)C3)ccc1F. The van der Waals surface area contributed by atoms with Gasteiger partial charge in [-0.2, -0.15) is 0 Å². The number of hydrogen-bond acceptors (Lipinski definition) is 4. The molecule has 2 amide bonds. The van der Waals surface area contributed by atoms with Crippen LogP contribution < -0.4 is 10.6 Å². The fourth-order valence-electron chi connectivity index (χ4n) is 6.68. The van der Waals surface area contributed by atoms with Crippen LogP contribution in [-0.2, 0) is 14.3 Å². The van der Waals surface area contributed by atoms with Crippen LogP contribution in [0.1, 0.15) is 44.9 Å². The minimum absolute atomic E-state index is 0.0205. The van der Waals surface area contributed by atoms with E-state index in [0.717, 1.165) is 38.8 Å². The fourth-order valence-corrected chi connectivity index (χ4v) is 7.37. The summed E-state index contributed by atoms with van der Waals surface area (Å²) in [6.07, 6.45) is 5.97. The van der Waals surface area contributed by atoms with Crippen molar-refractivity contribution in [3.05, 3.63) is 24.0 Å². The summed E-state index contributed by atoms with van der Waals surface area (Å²) in [4.78, 5) is 27.6. The van der Waals surface area contributed by atoms with E-state index in [1.54, 1.807) is 6.07 Å². The van der Waals surface area contributed by atoms with E-state index in [2.05, 4.69) is 15.5 Å². The van der Waals surface area contributed by atoms with Gasteiger partial charge >= 0.3 is 0 Å². The van der Waals surface area contributed by atoms with Crippen LogP contribution in [0, 0.1) is 23.1 Å². The summed E-state index contributed by atoms with van der Waals surface area (Å²) in [7, 11) is 0. The van der Waals surface area contributed by atoms with Crippen molar-refractivity contribution in [1.82, 2.24) is 4.90 Å². The molecule has 0 spiro atoms. The van der Waals surface area contributed by atoms with Gasteiger partial charge in [-0.3, -0.25) is 14.5 Å². The molecular formula is C24H31ClFN3O3. The molecule has 1 heterocycles. The summed E-state index contributed by atoms with van der Waals surface area (Å²) < 4.78 is 19.7. The zero-order chi connectivity index (χ0) is 22.3. The molecule has 2 atom stereocenters. The normalized spacial score (nSPS) is 33.8. The monoisotopic (exact) mass is 463 g/mol. The van der Waals surface area contributed by atoms with Crippen LogP contribution >= 0.6 is 11.6 Å². The maximum absolute atomic E-state index is 14.4. The average molecular weight is 464 g/mol. The Kier molecular flexibility index (Phi) is 5.93. The number of ether oxygens (including phenoxy) is 1. The number of rotatable bonds is 6. The Bertz CT molecular complexity index is 890. The lowest BCUT2D eigenvalue weighted by Crippen LogP contribution is -2.57. The Balaban J connectivity index is 1.22. The minimum atomic E-state index is -0.516. The number of halogens is 2. The third kappa shape index (κ3) is 4.52. The van der Waals surface area contributed by atoms with Crippen LogP contribution in [0.4, 0.5) is 15.8 Å². The third-order valence-electron chi connectivity index (χ3n) is 7.73. The lowest BCUT2D eigenvalue weighted by molar-refractivity contribution is -0.138. The van der Waals surface area contributed by atoms with Gasteiger partial charge in [0, 0.05) is 36.6 Å². The van der Waals surface area contributed by atoms with Crippen LogP contribution in [0.3, 0.4) is 0 Å². The molecule has 4 aliphatic carbocycles. The van der Waals surface area contributed by atoms with Gasteiger partial charge in [0.05, 0.1) is 24.3 Å². The van der Waals surface area contributed by atoms with E-state index in [4.69, 9.17) is 16.3 Å². The van der Waals surface area contributed by atoms with Gasteiger partial charge in [-0.25, -0.2) is 4.39 Å². The van der Waals surface area contributed by atoms with E-state index in [1.165, 1.54) is 18.6 Å². The molecule has 1 aliphatic heterocycles. The molecule has 1 saturated heterocycles. The number of anilines is 2. The highest BCUT2D eigenvalue weighted by Gasteiger charge is 2.60. The second kappa shape index (κ2) is 8.58. The first-order chi connectivity index (χ1) is 15.3. The third-order valence-corrected chi connectivity index (χ3v) is 8.17. The summed E-state index contributed by atoms with van der Waals surface area (Å²) in [5, 5.41) is 5.66. The van der Waals surface area contributed by atoms with Crippen molar-refractivity contribution < 1.29 is 18.7 Å². The first-order valence-electron chi connectivity index (χ1n) is 11.7. The highest BCUT2D eigenvalue weighted by Crippen LogP contribution is 2.64. The van der Waals surface area contributed by atoms with E-state index < -0.39 is 11.2 Å². The van der Waals surface area contributed by atoms with Crippen molar-refractivity contribution in [3.63, 3.8) is 0 Å². The second-order valence-corrected chi connectivity index (χ2v) is 11.1. The lowest BCUT2D eigenvalue weighted by Gasteiger charge is -2.59. The van der Waals surface area contributed by atoms with Crippen LogP contribution in [-0.4, -0.2) is 54.4 Å². The molecule has 6 nitrogen and oxygen atoms in total. The number of carbonyl (C=O) groups excluding carboxylic acids is 2. The van der Waals surface area contributed by atoms with Crippen LogP contribution in [0.25, 0.3) is 0 Å². The van der Waals surface area contributed by atoms with Crippen molar-refractivity contribution in [2.45, 2.75) is 49.8 Å². The van der Waals surface area contributed by atoms with Gasteiger partial charge < -0.3 is 15.4 Å². The predicted molar refractivity (Wildman–Crippen MR) is 121 cm³/mol. The second-order valence-electron chi connectivity index (χ2n) is 10.3. The lowest BCUT2D eigenvalue weighted by atomic mass is 9.49. The largest absolute Gasteiger partial charge is 0.379 e. The van der Waals surface area contributed by atoms with Gasteiger partial charge in [0.25, 0.3) is 0 Å². The van der Waals surface area contributed by atoms with Crippen molar-refractivity contribution in [2.24, 2.45) is 17.3 Å². The number of nitrogens with zero attached hydrogens (tertiary/aromatic N) is 1. The molecule has 32 heavy (non-hydrogen) atoms. The molecule has 1 aromatic rings. The number of nitrogens with one attached hydrogen (secondary N) is 2. The summed E-state index contributed by atoms with van der Waals surface area (Å²) in [6, 6.07) is 4.35. The predicted octanol–water partition coefficient (Wildman–Crippen LogP) is 4.00. The molecule has 1 aromatic carbocycles. The Morgan fingerprint density at radius 3 is 2.53 bits per heavy atom. The number of alkyl halides is 1. The molecule has 174 valence electrons. The highest BCUT2D eigenvalue weighted by atomic mass is 35.5. The Labute approximate surface area is 193 Å². The van der Waals surface area contributed by atoms with Gasteiger partial charge in [-0.1, -0.05) is 0 Å². The molecule has 6 rings (SSSR count). The molecule has 0 aromatic heterocycles. The minimum Gasteiger partial charge on any atom is -0.379 e. The zero-order valence-electron chi connectivity index (χ0n) is 18.3. The zero-order valence-corrected chi connectivity index (χ0v) is 19.1. The summed E-state index contributed by atoms with van der Waals surface area (Å²) >= 11 is 6.87. The summed E-state index contributed by atoms with van der Waals surface area (Å²) in [5.41, 5.74) is 0.162. The van der Waals surface area contributed by atoms with E-state index in [9.17, 15) is 14.0 Å². The van der Waals surface area contributed by atoms with Crippen LogP contribution in [0.5, 0.6) is 0 Å². The first kappa shape index (κ1) is 22.1. The van der Waals surface area contributed by atoms with E-state index in [0.29, 0.717) is 43.7 Å². The summed E-state index contributed by atoms with van der Waals surface area (Å²) in [6.45, 7) is 3.56. The quantitative estimate of drug-likeness (QED) is 0.625. The smallest absolute Gasteiger partial charge is 0.230 e. The molecule has 5 fully saturated rings. The molecule has 2 N–H and O–H groups in total. The van der Waals surface area contributed by atoms with Gasteiger partial charge in [0.15, 0.2) is 0 Å². The topological polar surface area (TPSA) is 70.7 Å². The molecule has 8 heteroatoms. The van der Waals surface area contributed by atoms with Crippen molar-refractivity contribution >= 4 is 34.8 Å². The molecule has 4 saturated carbocycles. The Morgan fingerprint density at radius 2 is 1.84 bits per heavy atom. The molecule has 5 aliphatic rings. The maximum atomic E-state index is 14.4. The Hall–Kier alpha value is -1.70. The fraction of sp³-hybridized carbons (Fsp3) is 0.667. The number of benzene rings is 1. The van der Waals surface area contributed by atoms with Gasteiger partial charge in [0.2, 0.25) is 11.8 Å². The Morgan fingerprint density at radius 1 is 1.12 bits per heavy atom. The number of morpholine rings is 1. The highest BCUT2D eigenvalue weighted by molar-refractivity contribution is 6.24. The van der Waals surface area contributed by atoms with Crippen molar-refractivity contribution in [3.8, 4) is 0 Å².